The zero-order valence-corrected chi connectivity index (χ0v) is 18.7. The van der Waals surface area contributed by atoms with Crippen molar-refractivity contribution < 1.29 is 13.2 Å². The van der Waals surface area contributed by atoms with Gasteiger partial charge in [0, 0.05) is 13.1 Å². The third kappa shape index (κ3) is 6.01. The molecule has 160 valence electrons. The minimum atomic E-state index is -3.09. The lowest BCUT2D eigenvalue weighted by Gasteiger charge is -2.31. The van der Waals surface area contributed by atoms with Crippen LogP contribution in [0, 0.1) is 5.92 Å². The van der Waals surface area contributed by atoms with Gasteiger partial charge >= 0.3 is 0 Å². The first-order valence-electron chi connectivity index (χ1n) is 10.2. The fourth-order valence-corrected chi connectivity index (χ4v) is 5.06. The summed E-state index contributed by atoms with van der Waals surface area (Å²) in [6.45, 7) is 3.62. The number of nitrogens with one attached hydrogen (secondary N) is 1. The van der Waals surface area contributed by atoms with Gasteiger partial charge in [-0.05, 0) is 68.1 Å². The monoisotopic (exact) mass is 445 g/mol. The van der Waals surface area contributed by atoms with Crippen molar-refractivity contribution in [1.82, 2.24) is 14.6 Å². The molecule has 0 radical (unpaired) electrons. The molecule has 30 heavy (non-hydrogen) atoms. The first kappa shape index (κ1) is 21.2. The Morgan fingerprint density at radius 2 is 1.87 bits per heavy atom. The number of hydrogen-bond donors (Lipinski definition) is 1. The highest BCUT2D eigenvalue weighted by atomic mass is 32.2. The minimum absolute atomic E-state index is 0.440. The number of thiazole rings is 1. The lowest BCUT2D eigenvalue weighted by molar-refractivity contribution is 0.187. The van der Waals surface area contributed by atoms with E-state index in [9.17, 15) is 8.42 Å². The number of fused-ring (bicyclic) bond motifs is 1. The van der Waals surface area contributed by atoms with Crippen LogP contribution in [0.2, 0.25) is 0 Å². The normalized spacial score (nSPS) is 16.2. The Morgan fingerprint density at radius 3 is 2.57 bits per heavy atom. The van der Waals surface area contributed by atoms with Crippen molar-refractivity contribution in [2.24, 2.45) is 5.92 Å². The minimum Gasteiger partial charge on any atom is -0.431 e. The van der Waals surface area contributed by atoms with E-state index >= 15 is 0 Å². The summed E-state index contributed by atoms with van der Waals surface area (Å²) >= 11 is 1.55. The molecule has 6 nitrogen and oxygen atoms in total. The molecule has 0 atom stereocenters. The molecular weight excluding hydrogens is 418 g/mol. The summed E-state index contributed by atoms with van der Waals surface area (Å²) in [6.07, 6.45) is 4.29. The molecule has 0 aliphatic carbocycles. The molecule has 1 fully saturated rings. The van der Waals surface area contributed by atoms with Gasteiger partial charge in [-0.15, -0.1) is 0 Å². The van der Waals surface area contributed by atoms with Gasteiger partial charge in [0.2, 0.25) is 10.0 Å². The van der Waals surface area contributed by atoms with Gasteiger partial charge in [-0.3, -0.25) is 0 Å². The van der Waals surface area contributed by atoms with Crippen molar-refractivity contribution >= 4 is 31.6 Å². The summed E-state index contributed by atoms with van der Waals surface area (Å²) in [7, 11) is -3.09. The molecule has 0 unspecified atom stereocenters. The maximum atomic E-state index is 11.2. The van der Waals surface area contributed by atoms with Gasteiger partial charge in [-0.2, -0.15) is 0 Å². The molecule has 1 saturated heterocycles. The fourth-order valence-electron chi connectivity index (χ4n) is 3.69. The second-order valence-electron chi connectivity index (χ2n) is 7.85. The van der Waals surface area contributed by atoms with Gasteiger partial charge in [0.1, 0.15) is 5.75 Å². The molecule has 3 aromatic rings. The lowest BCUT2D eigenvalue weighted by Crippen LogP contribution is -2.39. The highest BCUT2D eigenvalue weighted by Crippen LogP contribution is 2.31. The predicted molar refractivity (Wildman–Crippen MR) is 122 cm³/mol. The van der Waals surface area contributed by atoms with Crippen molar-refractivity contribution in [3.63, 3.8) is 0 Å². The topological polar surface area (TPSA) is 71.5 Å². The molecule has 1 aromatic heterocycles. The summed E-state index contributed by atoms with van der Waals surface area (Å²) in [5, 5.41) is 0.664. The average Bonchev–Trinajstić information content (AvgIpc) is 3.14. The summed E-state index contributed by atoms with van der Waals surface area (Å²) in [6, 6.07) is 16.3. The van der Waals surface area contributed by atoms with E-state index in [1.165, 1.54) is 11.8 Å². The molecule has 1 N–H and O–H groups in total. The average molecular weight is 446 g/mol. The highest BCUT2D eigenvalue weighted by molar-refractivity contribution is 7.88. The molecule has 2 aromatic carbocycles. The van der Waals surface area contributed by atoms with Crippen molar-refractivity contribution in [2.75, 3.05) is 32.4 Å². The van der Waals surface area contributed by atoms with E-state index in [4.69, 9.17) is 4.74 Å². The quantitative estimate of drug-likeness (QED) is 0.570. The van der Waals surface area contributed by atoms with E-state index in [0.717, 1.165) is 54.9 Å². The Labute approximate surface area is 181 Å². The Hall–Kier alpha value is -2.00. The van der Waals surface area contributed by atoms with Gasteiger partial charge in [0.25, 0.3) is 5.19 Å². The van der Waals surface area contributed by atoms with Gasteiger partial charge < -0.3 is 9.64 Å². The number of sulfonamides is 1. The molecular formula is C22H27N3O3S2. The van der Waals surface area contributed by atoms with Crippen LogP contribution in [0.1, 0.15) is 18.4 Å². The molecule has 8 heteroatoms. The van der Waals surface area contributed by atoms with Crippen LogP contribution in [-0.2, 0) is 16.4 Å². The summed E-state index contributed by atoms with van der Waals surface area (Å²) in [4.78, 5) is 6.97. The lowest BCUT2D eigenvalue weighted by atomic mass is 9.97. The van der Waals surface area contributed by atoms with Crippen molar-refractivity contribution in [3.05, 3.63) is 54.1 Å². The molecule has 1 aliphatic heterocycles. The number of piperidine rings is 1. The number of hydrogen-bond acceptors (Lipinski definition) is 6. The Kier molecular flexibility index (Phi) is 6.67. The zero-order valence-electron chi connectivity index (χ0n) is 17.1. The van der Waals surface area contributed by atoms with E-state index in [1.54, 1.807) is 11.3 Å². The van der Waals surface area contributed by atoms with Gasteiger partial charge in [0.15, 0.2) is 0 Å². The van der Waals surface area contributed by atoms with Crippen LogP contribution in [0.5, 0.6) is 10.9 Å². The van der Waals surface area contributed by atoms with E-state index < -0.39 is 10.0 Å². The molecule has 4 rings (SSSR count). The van der Waals surface area contributed by atoms with Crippen molar-refractivity contribution in [2.45, 2.75) is 19.3 Å². The number of nitrogens with zero attached hydrogens (tertiary/aromatic N) is 2. The molecule has 0 saturated carbocycles. The predicted octanol–water partition coefficient (Wildman–Crippen LogP) is 3.89. The van der Waals surface area contributed by atoms with Gasteiger partial charge in [-0.1, -0.05) is 35.6 Å². The summed E-state index contributed by atoms with van der Waals surface area (Å²) < 4.78 is 32.1. The number of likely N-dealkylation sites (tertiary alicyclic amines) is 1. The van der Waals surface area contributed by atoms with Crippen molar-refractivity contribution in [3.8, 4) is 10.9 Å². The van der Waals surface area contributed by atoms with Crippen LogP contribution >= 0.6 is 11.3 Å². The van der Waals surface area contributed by atoms with E-state index in [-0.39, 0.29) is 0 Å². The zero-order chi connectivity index (χ0) is 21.0. The van der Waals surface area contributed by atoms with E-state index in [0.29, 0.717) is 17.7 Å². The number of rotatable bonds is 8. The van der Waals surface area contributed by atoms with Gasteiger partial charge in [0.05, 0.1) is 16.5 Å². The number of para-hydroxylation sites is 1. The smallest absolute Gasteiger partial charge is 0.279 e. The highest BCUT2D eigenvalue weighted by Gasteiger charge is 2.19. The van der Waals surface area contributed by atoms with Crippen LogP contribution in [0.25, 0.3) is 10.2 Å². The molecule has 1 aliphatic rings. The summed E-state index contributed by atoms with van der Waals surface area (Å²) in [5.74, 6) is 1.24. The Bertz CT molecular complexity index is 1040. The van der Waals surface area contributed by atoms with Crippen LogP contribution in [0.4, 0.5) is 0 Å². The summed E-state index contributed by atoms with van der Waals surface area (Å²) in [5.41, 5.74) is 2.25. The van der Waals surface area contributed by atoms with Crippen LogP contribution in [-0.4, -0.2) is 50.7 Å². The second kappa shape index (κ2) is 9.43. The number of ether oxygens (including phenoxy) is 1. The SMILES string of the molecule is CS(=O)(=O)NCC1CCN(CCc2ccc(Oc3nc4ccccc4s3)cc2)CC1. The molecule has 0 bridgehead atoms. The second-order valence-corrected chi connectivity index (χ2v) is 10.7. The number of aromatic nitrogens is 1. The largest absolute Gasteiger partial charge is 0.431 e. The number of benzene rings is 2. The van der Waals surface area contributed by atoms with Crippen LogP contribution in [0.15, 0.2) is 48.5 Å². The van der Waals surface area contributed by atoms with E-state index in [1.807, 2.05) is 36.4 Å². The first-order chi connectivity index (χ1) is 14.4. The molecule has 2 heterocycles. The third-order valence-corrected chi connectivity index (χ3v) is 7.07. The van der Waals surface area contributed by atoms with Crippen LogP contribution < -0.4 is 9.46 Å². The maximum Gasteiger partial charge on any atom is 0.279 e. The van der Waals surface area contributed by atoms with Crippen molar-refractivity contribution in [1.29, 1.82) is 0 Å². The fraction of sp³-hybridized carbons (Fsp3) is 0.409. The molecule has 0 spiro atoms. The Balaban J connectivity index is 1.22. The van der Waals surface area contributed by atoms with E-state index in [2.05, 4.69) is 26.7 Å². The molecule has 0 amide bonds. The standard InChI is InChI=1S/C22H27N3O3S2/c1-30(26,27)23-16-18-11-14-25(15-12-18)13-10-17-6-8-19(9-7-17)28-22-24-20-4-2-3-5-21(20)29-22/h2-9,18,23H,10-16H2,1H3. The van der Waals surface area contributed by atoms with Gasteiger partial charge in [-0.25, -0.2) is 18.1 Å². The Morgan fingerprint density at radius 1 is 1.13 bits per heavy atom. The third-order valence-electron chi connectivity index (χ3n) is 5.46. The van der Waals surface area contributed by atoms with Crippen LogP contribution in [0.3, 0.4) is 0 Å². The maximum absolute atomic E-state index is 11.2. The first-order valence-corrected chi connectivity index (χ1v) is 12.9.